The van der Waals surface area contributed by atoms with Gasteiger partial charge in [-0.05, 0) is 60.6 Å². The molecule has 4 heteroatoms. The van der Waals surface area contributed by atoms with E-state index in [2.05, 4.69) is 37.2 Å². The van der Waals surface area contributed by atoms with Gasteiger partial charge in [0.15, 0.2) is 0 Å². The average molecular weight is 310 g/mol. The Balaban J connectivity index is 1.85. The van der Waals surface area contributed by atoms with Crippen molar-refractivity contribution in [3.05, 3.63) is 22.9 Å². The molecule has 0 bridgehead atoms. The molecule has 2 aliphatic heterocycles. The lowest BCUT2D eigenvalue weighted by Crippen LogP contribution is -2.50. The molecule has 0 aromatic carbocycles. The molecule has 1 N–H and O–H groups in total. The number of nitrogens with zero attached hydrogens (tertiary/aromatic N) is 2. The Labute approximate surface area is 117 Å². The van der Waals surface area contributed by atoms with Crippen LogP contribution in [0.5, 0.6) is 0 Å². The Morgan fingerprint density at radius 3 is 3.00 bits per heavy atom. The monoisotopic (exact) mass is 309 g/mol. The predicted octanol–water partition coefficient (Wildman–Crippen LogP) is 2.96. The summed E-state index contributed by atoms with van der Waals surface area (Å²) in [6.07, 6.45) is 10.4. The zero-order valence-electron chi connectivity index (χ0n) is 10.6. The molecule has 1 aromatic heterocycles. The molecule has 2 saturated heterocycles. The van der Waals surface area contributed by atoms with Gasteiger partial charge in [-0.3, -0.25) is 4.98 Å². The Hall–Kier alpha value is -0.610. The van der Waals surface area contributed by atoms with Gasteiger partial charge in [0.1, 0.15) is 0 Å². The third-order valence-corrected chi connectivity index (χ3v) is 4.78. The lowest BCUT2D eigenvalue weighted by atomic mass is 9.94. The van der Waals surface area contributed by atoms with Crippen molar-refractivity contribution in [1.29, 1.82) is 0 Å². The molecule has 3 rings (SSSR count). The SMILES string of the molecule is Brc1cnccc1N1CCCCC1C1CCCN1. The number of halogens is 1. The van der Waals surface area contributed by atoms with Gasteiger partial charge in [0.05, 0.1) is 10.2 Å². The fraction of sp³-hybridized carbons (Fsp3) is 0.643. The van der Waals surface area contributed by atoms with Crippen LogP contribution in [0.2, 0.25) is 0 Å². The van der Waals surface area contributed by atoms with Crippen LogP contribution in [0, 0.1) is 0 Å². The lowest BCUT2D eigenvalue weighted by molar-refractivity contribution is 0.378. The molecule has 2 atom stereocenters. The second-order valence-corrected chi connectivity index (χ2v) is 6.14. The summed E-state index contributed by atoms with van der Waals surface area (Å²) in [6.45, 7) is 2.36. The van der Waals surface area contributed by atoms with Gasteiger partial charge in [-0.15, -0.1) is 0 Å². The largest absolute Gasteiger partial charge is 0.366 e. The lowest BCUT2D eigenvalue weighted by Gasteiger charge is -2.41. The van der Waals surface area contributed by atoms with Crippen molar-refractivity contribution in [2.24, 2.45) is 0 Å². The van der Waals surface area contributed by atoms with E-state index in [1.807, 2.05) is 12.4 Å². The Morgan fingerprint density at radius 1 is 1.28 bits per heavy atom. The minimum Gasteiger partial charge on any atom is -0.366 e. The first-order chi connectivity index (χ1) is 8.86. The van der Waals surface area contributed by atoms with E-state index < -0.39 is 0 Å². The summed E-state index contributed by atoms with van der Waals surface area (Å²) in [7, 11) is 0. The van der Waals surface area contributed by atoms with E-state index in [0.29, 0.717) is 12.1 Å². The van der Waals surface area contributed by atoms with Crippen molar-refractivity contribution >= 4 is 21.6 Å². The summed E-state index contributed by atoms with van der Waals surface area (Å²) in [4.78, 5) is 6.75. The van der Waals surface area contributed by atoms with Crippen LogP contribution in [0.3, 0.4) is 0 Å². The summed E-state index contributed by atoms with van der Waals surface area (Å²) in [6, 6.07) is 3.46. The minimum absolute atomic E-state index is 0.653. The minimum atomic E-state index is 0.653. The van der Waals surface area contributed by atoms with Crippen LogP contribution >= 0.6 is 15.9 Å². The third kappa shape index (κ3) is 2.41. The molecule has 0 saturated carbocycles. The average Bonchev–Trinajstić information content (AvgIpc) is 2.93. The molecule has 2 unspecified atom stereocenters. The van der Waals surface area contributed by atoms with Gasteiger partial charge in [0.25, 0.3) is 0 Å². The first-order valence-corrected chi connectivity index (χ1v) is 7.75. The van der Waals surface area contributed by atoms with Crippen molar-refractivity contribution in [3.63, 3.8) is 0 Å². The van der Waals surface area contributed by atoms with Crippen LogP contribution in [0.15, 0.2) is 22.9 Å². The molecule has 3 heterocycles. The van der Waals surface area contributed by atoms with Gasteiger partial charge in [-0.1, -0.05) is 0 Å². The maximum absolute atomic E-state index is 4.17. The Morgan fingerprint density at radius 2 is 2.22 bits per heavy atom. The van der Waals surface area contributed by atoms with Crippen LogP contribution in [-0.4, -0.2) is 30.2 Å². The normalized spacial score (nSPS) is 28.6. The predicted molar refractivity (Wildman–Crippen MR) is 77.9 cm³/mol. The van der Waals surface area contributed by atoms with Crippen LogP contribution in [-0.2, 0) is 0 Å². The molecule has 2 fully saturated rings. The summed E-state index contributed by atoms with van der Waals surface area (Å²) in [5.41, 5.74) is 1.31. The quantitative estimate of drug-likeness (QED) is 0.910. The van der Waals surface area contributed by atoms with Crippen LogP contribution < -0.4 is 10.2 Å². The number of hydrogen-bond donors (Lipinski definition) is 1. The van der Waals surface area contributed by atoms with Gasteiger partial charge in [-0.25, -0.2) is 0 Å². The van der Waals surface area contributed by atoms with E-state index in [1.165, 1.54) is 50.9 Å². The molecular weight excluding hydrogens is 290 g/mol. The maximum atomic E-state index is 4.17. The second kappa shape index (κ2) is 5.57. The van der Waals surface area contributed by atoms with E-state index >= 15 is 0 Å². The van der Waals surface area contributed by atoms with Crippen molar-refractivity contribution in [2.45, 2.75) is 44.2 Å². The molecular formula is C14H20BrN3. The Bertz CT molecular complexity index is 404. The Kier molecular flexibility index (Phi) is 3.85. The first-order valence-electron chi connectivity index (χ1n) is 6.96. The standard InChI is InChI=1S/C14H20BrN3/c15-11-10-16-8-6-13(11)18-9-2-1-5-14(18)12-4-3-7-17-12/h6,8,10,12,14,17H,1-5,7,9H2. The van der Waals surface area contributed by atoms with E-state index in [9.17, 15) is 0 Å². The van der Waals surface area contributed by atoms with Crippen molar-refractivity contribution in [3.8, 4) is 0 Å². The van der Waals surface area contributed by atoms with Crippen LogP contribution in [0.4, 0.5) is 5.69 Å². The van der Waals surface area contributed by atoms with Gasteiger partial charge in [0.2, 0.25) is 0 Å². The summed E-state index contributed by atoms with van der Waals surface area (Å²) in [5.74, 6) is 0. The highest BCUT2D eigenvalue weighted by molar-refractivity contribution is 9.10. The molecule has 18 heavy (non-hydrogen) atoms. The molecule has 0 aliphatic carbocycles. The van der Waals surface area contributed by atoms with E-state index in [1.54, 1.807) is 0 Å². The summed E-state index contributed by atoms with van der Waals surface area (Å²) < 4.78 is 1.12. The van der Waals surface area contributed by atoms with E-state index in [0.717, 1.165) is 4.47 Å². The first kappa shape index (κ1) is 12.4. The highest BCUT2D eigenvalue weighted by Gasteiger charge is 2.32. The smallest absolute Gasteiger partial charge is 0.0592 e. The summed E-state index contributed by atoms with van der Waals surface area (Å²) >= 11 is 3.64. The third-order valence-electron chi connectivity index (χ3n) is 4.17. The van der Waals surface area contributed by atoms with Crippen molar-refractivity contribution < 1.29 is 0 Å². The summed E-state index contributed by atoms with van der Waals surface area (Å²) in [5, 5.41) is 3.67. The number of hydrogen-bond acceptors (Lipinski definition) is 3. The molecule has 1 aromatic rings. The van der Waals surface area contributed by atoms with Crippen LogP contribution in [0.1, 0.15) is 32.1 Å². The number of pyridine rings is 1. The van der Waals surface area contributed by atoms with Crippen LogP contribution in [0.25, 0.3) is 0 Å². The molecule has 98 valence electrons. The maximum Gasteiger partial charge on any atom is 0.0592 e. The van der Waals surface area contributed by atoms with Gasteiger partial charge in [-0.2, -0.15) is 0 Å². The molecule has 0 radical (unpaired) electrons. The van der Waals surface area contributed by atoms with Crippen molar-refractivity contribution in [2.75, 3.05) is 18.0 Å². The number of rotatable bonds is 2. The highest BCUT2D eigenvalue weighted by Crippen LogP contribution is 2.33. The molecule has 0 spiro atoms. The number of nitrogens with one attached hydrogen (secondary N) is 1. The zero-order valence-corrected chi connectivity index (χ0v) is 12.2. The van der Waals surface area contributed by atoms with Gasteiger partial charge in [0, 0.05) is 31.0 Å². The second-order valence-electron chi connectivity index (χ2n) is 5.29. The number of anilines is 1. The number of aromatic nitrogens is 1. The fourth-order valence-corrected chi connectivity index (χ4v) is 3.79. The topological polar surface area (TPSA) is 28.2 Å². The number of piperidine rings is 1. The molecule has 2 aliphatic rings. The van der Waals surface area contributed by atoms with E-state index in [-0.39, 0.29) is 0 Å². The fourth-order valence-electron chi connectivity index (χ4n) is 3.32. The molecule has 0 amide bonds. The highest BCUT2D eigenvalue weighted by atomic mass is 79.9. The van der Waals surface area contributed by atoms with E-state index in [4.69, 9.17) is 0 Å². The van der Waals surface area contributed by atoms with Crippen molar-refractivity contribution in [1.82, 2.24) is 10.3 Å². The zero-order chi connectivity index (χ0) is 12.4. The van der Waals surface area contributed by atoms with Gasteiger partial charge >= 0.3 is 0 Å². The molecule has 3 nitrogen and oxygen atoms in total. The van der Waals surface area contributed by atoms with Gasteiger partial charge < -0.3 is 10.2 Å².